The van der Waals surface area contributed by atoms with E-state index in [2.05, 4.69) is 22.8 Å². The number of carbonyl (C=O) groups excluding carboxylic acids is 3. The van der Waals surface area contributed by atoms with Crippen molar-refractivity contribution in [2.45, 2.75) is 51.1 Å². The lowest BCUT2D eigenvalue weighted by Gasteiger charge is -2.23. The zero-order valence-corrected chi connectivity index (χ0v) is 18.8. The lowest BCUT2D eigenvalue weighted by molar-refractivity contribution is -0.135. The summed E-state index contributed by atoms with van der Waals surface area (Å²) in [6, 6.07) is 10.6. The summed E-state index contributed by atoms with van der Waals surface area (Å²) in [6.07, 6.45) is 4.57. The predicted molar refractivity (Wildman–Crippen MR) is 120 cm³/mol. The van der Waals surface area contributed by atoms with Crippen LogP contribution in [0.1, 0.15) is 55.0 Å². The number of rotatable bonds is 5. The van der Waals surface area contributed by atoms with E-state index in [1.807, 2.05) is 13.0 Å². The number of ether oxygens (including phenoxy) is 2. The van der Waals surface area contributed by atoms with Crippen LogP contribution in [0.15, 0.2) is 36.4 Å². The molecule has 172 valence electrons. The molecule has 2 aromatic rings. The molecule has 1 aliphatic carbocycles. The molecule has 5 rings (SSSR count). The highest BCUT2D eigenvalue weighted by molar-refractivity contribution is 6.09. The van der Waals surface area contributed by atoms with Crippen LogP contribution in [0.4, 0.5) is 4.79 Å². The molecule has 8 nitrogen and oxygen atoms in total. The van der Waals surface area contributed by atoms with E-state index in [0.717, 1.165) is 23.3 Å². The maximum absolute atomic E-state index is 13.2. The fourth-order valence-electron chi connectivity index (χ4n) is 4.78. The van der Waals surface area contributed by atoms with Crippen molar-refractivity contribution in [3.63, 3.8) is 0 Å². The van der Waals surface area contributed by atoms with Gasteiger partial charge in [0, 0.05) is 0 Å². The summed E-state index contributed by atoms with van der Waals surface area (Å²) in [5.41, 5.74) is 3.02. The highest BCUT2D eigenvalue weighted by Gasteiger charge is 2.50. The fraction of sp³-hybridized carbons (Fsp3) is 0.400. The molecule has 2 N–H and O–H groups in total. The van der Waals surface area contributed by atoms with Gasteiger partial charge in [0.1, 0.15) is 12.1 Å². The molecule has 4 amide bonds. The number of nitrogens with one attached hydrogen (secondary N) is 2. The van der Waals surface area contributed by atoms with Crippen molar-refractivity contribution in [2.75, 3.05) is 13.3 Å². The Morgan fingerprint density at radius 3 is 2.67 bits per heavy atom. The Morgan fingerprint density at radius 2 is 1.85 bits per heavy atom. The van der Waals surface area contributed by atoms with Crippen molar-refractivity contribution >= 4 is 17.8 Å². The van der Waals surface area contributed by atoms with E-state index in [1.165, 1.54) is 24.0 Å². The van der Waals surface area contributed by atoms with Gasteiger partial charge in [-0.15, -0.1) is 0 Å². The molecular weight excluding hydrogens is 422 g/mol. The van der Waals surface area contributed by atoms with Gasteiger partial charge < -0.3 is 20.1 Å². The first kappa shape index (κ1) is 21.3. The molecule has 1 saturated heterocycles. The normalized spacial score (nSPS) is 22.1. The van der Waals surface area contributed by atoms with Crippen molar-refractivity contribution in [3.05, 3.63) is 58.7 Å². The fourth-order valence-corrected chi connectivity index (χ4v) is 4.78. The molecular formula is C25H27N3O5. The van der Waals surface area contributed by atoms with Crippen molar-refractivity contribution < 1.29 is 23.9 Å². The lowest BCUT2D eigenvalue weighted by Crippen LogP contribution is -2.43. The Labute approximate surface area is 192 Å². The molecule has 2 aromatic carbocycles. The van der Waals surface area contributed by atoms with Gasteiger partial charge >= 0.3 is 6.03 Å². The van der Waals surface area contributed by atoms with E-state index < -0.39 is 23.4 Å². The standard InChI is InChI=1S/C25H27N3O5/c1-15(17-8-7-16-5-3-4-6-18(16)11-17)26-22(29)13-28-23(30)25(2,27-24(28)31)19-9-10-20-21(12-19)33-14-32-20/h7-12,15H,3-6,13-14H2,1-2H3,(H,26,29)(H,27,31)/t15-,25+/m1/s1. The number of hydrogen-bond donors (Lipinski definition) is 2. The van der Waals surface area contributed by atoms with Gasteiger partial charge in [0.25, 0.3) is 5.91 Å². The monoisotopic (exact) mass is 449 g/mol. The zero-order valence-electron chi connectivity index (χ0n) is 18.8. The molecule has 2 heterocycles. The summed E-state index contributed by atoms with van der Waals surface area (Å²) >= 11 is 0. The molecule has 0 aromatic heterocycles. The third-order valence-electron chi connectivity index (χ3n) is 6.78. The van der Waals surface area contributed by atoms with Gasteiger partial charge in [-0.05, 0) is 73.9 Å². The number of urea groups is 1. The quantitative estimate of drug-likeness (QED) is 0.684. The second-order valence-corrected chi connectivity index (χ2v) is 9.04. The third-order valence-corrected chi connectivity index (χ3v) is 6.78. The molecule has 33 heavy (non-hydrogen) atoms. The highest BCUT2D eigenvalue weighted by atomic mass is 16.7. The Bertz CT molecular complexity index is 1150. The van der Waals surface area contributed by atoms with E-state index >= 15 is 0 Å². The first-order chi connectivity index (χ1) is 15.8. The summed E-state index contributed by atoms with van der Waals surface area (Å²) in [7, 11) is 0. The molecule has 2 atom stereocenters. The summed E-state index contributed by atoms with van der Waals surface area (Å²) in [4.78, 5) is 39.5. The van der Waals surface area contributed by atoms with Crippen LogP contribution in [-0.4, -0.2) is 36.1 Å². The van der Waals surface area contributed by atoms with Gasteiger partial charge in [0.15, 0.2) is 11.5 Å². The zero-order chi connectivity index (χ0) is 23.2. The predicted octanol–water partition coefficient (Wildman–Crippen LogP) is 2.94. The molecule has 8 heteroatoms. The number of benzene rings is 2. The number of nitrogens with zero attached hydrogens (tertiary/aromatic N) is 1. The molecule has 1 fully saturated rings. The minimum Gasteiger partial charge on any atom is -0.454 e. The van der Waals surface area contributed by atoms with E-state index in [4.69, 9.17) is 9.47 Å². The number of imide groups is 1. The first-order valence-corrected chi connectivity index (χ1v) is 11.3. The van der Waals surface area contributed by atoms with E-state index in [-0.39, 0.29) is 19.4 Å². The van der Waals surface area contributed by atoms with Gasteiger partial charge in [-0.2, -0.15) is 0 Å². The van der Waals surface area contributed by atoms with Crippen LogP contribution in [-0.2, 0) is 28.0 Å². The third kappa shape index (κ3) is 3.79. The van der Waals surface area contributed by atoms with Gasteiger partial charge in [0.2, 0.25) is 12.7 Å². The number of carbonyl (C=O) groups is 3. The number of hydrogen-bond acceptors (Lipinski definition) is 5. The average Bonchev–Trinajstić information content (AvgIpc) is 3.37. The molecule has 0 spiro atoms. The Hall–Kier alpha value is -3.55. The van der Waals surface area contributed by atoms with Gasteiger partial charge in [-0.1, -0.05) is 24.3 Å². The average molecular weight is 450 g/mol. The van der Waals surface area contributed by atoms with Crippen molar-refractivity contribution in [1.29, 1.82) is 0 Å². The number of amides is 4. The van der Waals surface area contributed by atoms with Crippen LogP contribution < -0.4 is 20.1 Å². The maximum Gasteiger partial charge on any atom is 0.325 e. The molecule has 0 bridgehead atoms. The van der Waals surface area contributed by atoms with Crippen LogP contribution in [0.2, 0.25) is 0 Å². The summed E-state index contributed by atoms with van der Waals surface area (Å²) < 4.78 is 10.7. The number of aryl methyl sites for hydroxylation is 2. The molecule has 0 saturated carbocycles. The molecule has 0 radical (unpaired) electrons. The molecule has 2 aliphatic heterocycles. The second-order valence-electron chi connectivity index (χ2n) is 9.04. The van der Waals surface area contributed by atoms with Crippen LogP contribution in [0, 0.1) is 0 Å². The Morgan fingerprint density at radius 1 is 1.09 bits per heavy atom. The van der Waals surface area contributed by atoms with Crippen LogP contribution >= 0.6 is 0 Å². The lowest BCUT2D eigenvalue weighted by atomic mass is 9.89. The van der Waals surface area contributed by atoms with Crippen LogP contribution in [0.5, 0.6) is 11.5 Å². The van der Waals surface area contributed by atoms with Gasteiger partial charge in [-0.3, -0.25) is 14.5 Å². The smallest absolute Gasteiger partial charge is 0.325 e. The maximum atomic E-state index is 13.2. The van der Waals surface area contributed by atoms with E-state index in [1.54, 1.807) is 25.1 Å². The largest absolute Gasteiger partial charge is 0.454 e. The summed E-state index contributed by atoms with van der Waals surface area (Å²) in [5.74, 6) is 0.235. The van der Waals surface area contributed by atoms with Crippen molar-refractivity contribution in [3.8, 4) is 11.5 Å². The number of fused-ring (bicyclic) bond motifs is 2. The Kier molecular flexibility index (Phi) is 5.23. The van der Waals surface area contributed by atoms with Gasteiger partial charge in [-0.25, -0.2) is 4.79 Å². The van der Waals surface area contributed by atoms with Crippen molar-refractivity contribution in [1.82, 2.24) is 15.5 Å². The van der Waals surface area contributed by atoms with Crippen LogP contribution in [0.3, 0.4) is 0 Å². The molecule has 0 unspecified atom stereocenters. The topological polar surface area (TPSA) is 97.0 Å². The summed E-state index contributed by atoms with van der Waals surface area (Å²) in [6.45, 7) is 3.30. The van der Waals surface area contributed by atoms with E-state index in [9.17, 15) is 14.4 Å². The van der Waals surface area contributed by atoms with Gasteiger partial charge in [0.05, 0.1) is 6.04 Å². The molecule has 3 aliphatic rings. The first-order valence-electron chi connectivity index (χ1n) is 11.3. The SMILES string of the molecule is C[C@@H](NC(=O)CN1C(=O)N[C@@](C)(c2ccc3c(c2)OCO3)C1=O)c1ccc2c(c1)CCCC2. The Balaban J connectivity index is 1.27. The summed E-state index contributed by atoms with van der Waals surface area (Å²) in [5, 5.41) is 5.65. The van der Waals surface area contributed by atoms with Crippen LogP contribution in [0.25, 0.3) is 0 Å². The highest BCUT2D eigenvalue weighted by Crippen LogP contribution is 2.37. The minimum atomic E-state index is -1.29. The van der Waals surface area contributed by atoms with E-state index in [0.29, 0.717) is 17.1 Å². The minimum absolute atomic E-state index is 0.116. The van der Waals surface area contributed by atoms with Crippen molar-refractivity contribution in [2.24, 2.45) is 0 Å². The second kappa shape index (κ2) is 8.10.